The van der Waals surface area contributed by atoms with Crippen LogP contribution in [0.3, 0.4) is 0 Å². The molecule has 0 rings (SSSR count). The van der Waals surface area contributed by atoms with E-state index in [0.29, 0.717) is 45.7 Å². The van der Waals surface area contributed by atoms with Gasteiger partial charge in [0, 0.05) is 72.1 Å². The van der Waals surface area contributed by atoms with Crippen LogP contribution in [-0.4, -0.2) is 109 Å². The molecule has 0 aromatic heterocycles. The number of carbonyl (C=O) groups is 3. The van der Waals surface area contributed by atoms with E-state index < -0.39 is 0 Å². The molecule has 1 amide bonds. The zero-order valence-electron chi connectivity index (χ0n) is 45.6. The van der Waals surface area contributed by atoms with E-state index in [-0.39, 0.29) is 18.1 Å². The van der Waals surface area contributed by atoms with Crippen molar-refractivity contribution in [3.05, 3.63) is 36.5 Å². The molecular weight excluding hydrogens is 837 g/mol. The minimum absolute atomic E-state index is 0.224. The molecule has 0 bridgehead atoms. The first kappa shape index (κ1) is 69.1. The molecule has 0 aromatic rings. The van der Waals surface area contributed by atoms with Crippen molar-refractivity contribution in [2.45, 2.75) is 239 Å². The summed E-state index contributed by atoms with van der Waals surface area (Å²) in [5.74, 6) is 0.523. The number of nitrogens with zero attached hydrogens (tertiary/aromatic N) is 2. The molecule has 396 valence electrons. The highest BCUT2D eigenvalue weighted by Crippen LogP contribution is 2.13. The second kappa shape index (κ2) is 61.8. The third kappa shape index (κ3) is 59.9. The summed E-state index contributed by atoms with van der Waals surface area (Å²) in [6.07, 6.45) is 52.1. The molecule has 0 fully saturated rings. The van der Waals surface area contributed by atoms with E-state index in [1.54, 1.807) is 14.2 Å². The van der Waals surface area contributed by atoms with E-state index in [1.807, 2.05) is 4.90 Å². The van der Waals surface area contributed by atoms with Crippen LogP contribution >= 0.6 is 0 Å². The lowest BCUT2D eigenvalue weighted by Gasteiger charge is -2.28. The average Bonchev–Trinajstić information content (AvgIpc) is 3.32. The van der Waals surface area contributed by atoms with Gasteiger partial charge in [0.15, 0.2) is 6.29 Å². The van der Waals surface area contributed by atoms with Crippen LogP contribution in [0.4, 0.5) is 0 Å². The largest absolute Gasteiger partial charge is 0.384 e. The van der Waals surface area contributed by atoms with Crippen LogP contribution in [0.2, 0.25) is 0 Å². The topological polar surface area (TPSA) is 94.6 Å². The highest BCUT2D eigenvalue weighted by Gasteiger charge is 2.19. The second-order valence-corrected chi connectivity index (χ2v) is 18.5. The van der Waals surface area contributed by atoms with E-state index in [0.717, 1.165) is 116 Å². The predicted molar refractivity (Wildman–Crippen MR) is 288 cm³/mol. The molecule has 0 unspecified atom stereocenters. The van der Waals surface area contributed by atoms with Gasteiger partial charge in [-0.2, -0.15) is 0 Å². The molecule has 0 heterocycles. The van der Waals surface area contributed by atoms with Gasteiger partial charge in [-0.05, 0) is 117 Å². The number of allylic oxidation sites excluding steroid dienone is 6. The molecule has 0 N–H and O–H groups in total. The Morgan fingerprint density at radius 1 is 0.478 bits per heavy atom. The molecule has 0 spiro atoms. The lowest BCUT2D eigenvalue weighted by Crippen LogP contribution is -2.39. The van der Waals surface area contributed by atoms with Gasteiger partial charge >= 0.3 is 0 Å². The van der Waals surface area contributed by atoms with Gasteiger partial charge in [0.25, 0.3) is 0 Å². The number of methoxy groups -OCH3 is 2. The Morgan fingerprint density at radius 3 is 1.33 bits per heavy atom. The van der Waals surface area contributed by atoms with Gasteiger partial charge in [-0.1, -0.05) is 148 Å². The van der Waals surface area contributed by atoms with E-state index in [1.165, 1.54) is 103 Å². The van der Waals surface area contributed by atoms with Crippen molar-refractivity contribution in [3.63, 3.8) is 0 Å². The number of hydrogen-bond donors (Lipinski definition) is 0. The van der Waals surface area contributed by atoms with Gasteiger partial charge in [-0.3, -0.25) is 4.79 Å². The van der Waals surface area contributed by atoms with E-state index in [2.05, 4.69) is 83.1 Å². The Hall–Kier alpha value is -2.17. The fourth-order valence-electron chi connectivity index (χ4n) is 7.49. The first-order valence-corrected chi connectivity index (χ1v) is 27.8. The molecule has 9 nitrogen and oxygen atoms in total. The van der Waals surface area contributed by atoms with Crippen molar-refractivity contribution in [1.82, 2.24) is 9.80 Å². The average molecular weight is 950 g/mol. The number of rotatable bonds is 49. The first-order valence-electron chi connectivity index (χ1n) is 27.8. The summed E-state index contributed by atoms with van der Waals surface area (Å²) in [4.78, 5) is 37.5. The Labute approximate surface area is 416 Å². The summed E-state index contributed by atoms with van der Waals surface area (Å²) < 4.78 is 22.1. The molecule has 0 radical (unpaired) electrons. The smallest absolute Gasteiger partial charge is 0.222 e. The summed E-state index contributed by atoms with van der Waals surface area (Å²) in [6.45, 7) is 14.0. The van der Waals surface area contributed by atoms with Crippen molar-refractivity contribution in [3.8, 4) is 0 Å². The van der Waals surface area contributed by atoms with Crippen LogP contribution in [0, 0.1) is 5.92 Å². The molecule has 0 aliphatic heterocycles. The van der Waals surface area contributed by atoms with Gasteiger partial charge in [0.2, 0.25) is 5.91 Å². The van der Waals surface area contributed by atoms with Crippen LogP contribution in [0.5, 0.6) is 0 Å². The SMILES string of the molecule is CC/C=C\CCCCOC(CCC=O)OCCCC/C=C\CC.CCCCCCCC/C=C\CCCCCCCC=O.CCCCCCCCC(=O)N(CCCN(C)C)CC(COC)COC. The quantitative estimate of drug-likeness (QED) is 0.0258. The van der Waals surface area contributed by atoms with Crippen LogP contribution < -0.4 is 0 Å². The summed E-state index contributed by atoms with van der Waals surface area (Å²) in [5.41, 5.74) is 0. The van der Waals surface area contributed by atoms with Gasteiger partial charge < -0.3 is 38.3 Å². The third-order valence-corrected chi connectivity index (χ3v) is 11.5. The minimum atomic E-state index is -0.224. The van der Waals surface area contributed by atoms with E-state index >= 15 is 0 Å². The number of aldehydes is 2. The molecule has 0 aromatic carbocycles. The summed E-state index contributed by atoms with van der Waals surface area (Å²) >= 11 is 0. The van der Waals surface area contributed by atoms with Crippen molar-refractivity contribution in [2.75, 3.05) is 74.4 Å². The Kier molecular flexibility index (Phi) is 63.8. The third-order valence-electron chi connectivity index (χ3n) is 11.5. The standard InChI is InChI=1S/C20H42N2O3.C20H36O3.C18H34O/c1-6-7-8-9-10-11-13-20(23)22(15-12-14-21(2)3)16-19(17-24-4)18-25-5;1-3-5-7-9-11-13-18-22-20(16-15-17-21)23-19-14-12-10-8-6-4-2;1-2-3-4-5-6-7-8-9-10-11-12-13-14-15-16-17-18-19/h19H,6-18H2,1-5H3;5-8,17,20H,3-4,9-16,18-19H2,1-2H3;9-10,18H,2-8,11-17H2,1H3/b;7-5-,8-6-;10-9-. The fraction of sp³-hybridized carbons (Fsp3) is 0.845. The number of carbonyl (C=O) groups excluding carboxylic acids is 3. The van der Waals surface area contributed by atoms with Gasteiger partial charge in [-0.25, -0.2) is 0 Å². The van der Waals surface area contributed by atoms with Crippen molar-refractivity contribution in [2.24, 2.45) is 5.92 Å². The highest BCUT2D eigenvalue weighted by atomic mass is 16.7. The Morgan fingerprint density at radius 2 is 0.896 bits per heavy atom. The van der Waals surface area contributed by atoms with E-state index in [4.69, 9.17) is 18.9 Å². The molecule has 0 atom stereocenters. The molecule has 0 saturated heterocycles. The van der Waals surface area contributed by atoms with Gasteiger partial charge in [-0.15, -0.1) is 0 Å². The molecule has 67 heavy (non-hydrogen) atoms. The molecule has 0 aliphatic rings. The summed E-state index contributed by atoms with van der Waals surface area (Å²) in [5, 5.41) is 0. The van der Waals surface area contributed by atoms with Crippen LogP contribution in [0.15, 0.2) is 36.5 Å². The number of amides is 1. The summed E-state index contributed by atoms with van der Waals surface area (Å²) in [6, 6.07) is 0. The first-order chi connectivity index (χ1) is 32.8. The van der Waals surface area contributed by atoms with Crippen molar-refractivity contribution in [1.29, 1.82) is 0 Å². The number of unbranched alkanes of at least 4 members (excludes halogenated alkanes) is 21. The van der Waals surface area contributed by atoms with Crippen LogP contribution in [0.25, 0.3) is 0 Å². The zero-order chi connectivity index (χ0) is 49.9. The predicted octanol–water partition coefficient (Wildman–Crippen LogP) is 15.2. The number of hydrogen-bond acceptors (Lipinski definition) is 8. The Balaban J connectivity index is -0.000000926. The Bertz CT molecular complexity index is 1040. The molecular formula is C58H112N2O7. The van der Waals surface area contributed by atoms with Gasteiger partial charge in [0.05, 0.1) is 13.2 Å². The lowest BCUT2D eigenvalue weighted by atomic mass is 10.1. The zero-order valence-corrected chi connectivity index (χ0v) is 45.6. The maximum Gasteiger partial charge on any atom is 0.222 e. The van der Waals surface area contributed by atoms with E-state index in [9.17, 15) is 14.4 Å². The molecule has 9 heteroatoms. The highest BCUT2D eigenvalue weighted by molar-refractivity contribution is 5.76. The molecule has 0 saturated carbocycles. The summed E-state index contributed by atoms with van der Waals surface area (Å²) in [7, 11) is 7.55. The minimum Gasteiger partial charge on any atom is -0.384 e. The maximum atomic E-state index is 12.7. The maximum absolute atomic E-state index is 12.7. The fourth-order valence-corrected chi connectivity index (χ4v) is 7.49. The lowest BCUT2D eigenvalue weighted by molar-refractivity contribution is -0.149. The molecule has 0 aliphatic carbocycles. The monoisotopic (exact) mass is 949 g/mol. The van der Waals surface area contributed by atoms with Crippen LogP contribution in [-0.2, 0) is 33.3 Å². The normalized spacial score (nSPS) is 11.6. The van der Waals surface area contributed by atoms with Crippen molar-refractivity contribution < 1.29 is 33.3 Å². The van der Waals surface area contributed by atoms with Gasteiger partial charge in [0.1, 0.15) is 12.6 Å². The number of ether oxygens (including phenoxy) is 4. The van der Waals surface area contributed by atoms with Crippen LogP contribution in [0.1, 0.15) is 233 Å². The van der Waals surface area contributed by atoms with Crippen molar-refractivity contribution >= 4 is 18.5 Å². The second-order valence-electron chi connectivity index (χ2n) is 18.5.